The van der Waals surface area contributed by atoms with Crippen LogP contribution in [0.1, 0.15) is 35.5 Å². The Morgan fingerprint density at radius 1 is 1.26 bits per heavy atom. The van der Waals surface area contributed by atoms with E-state index in [0.717, 1.165) is 5.56 Å². The first-order chi connectivity index (χ1) is 16.4. The van der Waals surface area contributed by atoms with Crippen molar-refractivity contribution in [3.8, 4) is 23.1 Å². The second-order valence-corrected chi connectivity index (χ2v) is 8.42. The Bertz CT molecular complexity index is 1420. The van der Waals surface area contributed by atoms with Gasteiger partial charge in [0.2, 0.25) is 5.82 Å². The molecule has 0 amide bonds. The van der Waals surface area contributed by atoms with Crippen molar-refractivity contribution in [2.24, 2.45) is 12.2 Å². The normalized spacial score (nSPS) is 11.6. The van der Waals surface area contributed by atoms with Crippen LogP contribution in [0.3, 0.4) is 0 Å². The molecule has 0 aliphatic heterocycles. The summed E-state index contributed by atoms with van der Waals surface area (Å²) in [6.07, 6.45) is 2.87. The summed E-state index contributed by atoms with van der Waals surface area (Å²) in [5.41, 5.74) is 3.86. The molecule has 4 aromatic rings. The van der Waals surface area contributed by atoms with E-state index in [0.29, 0.717) is 39.1 Å². The standard InChI is InChI=1S/C24H18BrFN6O2/c1-14(34-22-9-16(25)13-29-24(22)31-33)21-10-17(26)5-6-20(21)23-15(4-3-7-28-23)8-18-11-19(12-27)32(2)30-18/h3-7,9-11,13-14H,8H2,1-2H3/t14-/m1/s1. The highest BCUT2D eigenvalue weighted by Crippen LogP contribution is 2.36. The van der Waals surface area contributed by atoms with Gasteiger partial charge in [-0.15, -0.1) is 4.91 Å². The summed E-state index contributed by atoms with van der Waals surface area (Å²) in [5, 5.41) is 16.5. The van der Waals surface area contributed by atoms with E-state index in [1.54, 1.807) is 38.4 Å². The van der Waals surface area contributed by atoms with Crippen LogP contribution in [0.5, 0.6) is 5.75 Å². The fourth-order valence-electron chi connectivity index (χ4n) is 3.64. The summed E-state index contributed by atoms with van der Waals surface area (Å²) in [4.78, 5) is 19.7. The average Bonchev–Trinajstić information content (AvgIpc) is 3.18. The molecule has 0 fully saturated rings. The fourth-order valence-corrected chi connectivity index (χ4v) is 3.96. The van der Waals surface area contributed by atoms with Gasteiger partial charge < -0.3 is 4.74 Å². The predicted octanol–water partition coefficient (Wildman–Crippen LogP) is 5.78. The smallest absolute Gasteiger partial charge is 0.239 e. The third kappa shape index (κ3) is 4.84. The summed E-state index contributed by atoms with van der Waals surface area (Å²) >= 11 is 3.30. The first-order valence-corrected chi connectivity index (χ1v) is 11.0. The van der Waals surface area contributed by atoms with Crippen molar-refractivity contribution in [3.63, 3.8) is 0 Å². The monoisotopic (exact) mass is 520 g/mol. The zero-order valence-electron chi connectivity index (χ0n) is 18.2. The zero-order valence-corrected chi connectivity index (χ0v) is 19.8. The van der Waals surface area contributed by atoms with Crippen molar-refractivity contribution in [3.05, 3.63) is 92.6 Å². The maximum atomic E-state index is 14.3. The van der Waals surface area contributed by atoms with Gasteiger partial charge in [-0.05, 0) is 70.0 Å². The van der Waals surface area contributed by atoms with Crippen LogP contribution in [0.15, 0.2) is 64.5 Å². The molecule has 170 valence electrons. The second kappa shape index (κ2) is 9.89. The minimum Gasteiger partial charge on any atom is -0.482 e. The van der Waals surface area contributed by atoms with Gasteiger partial charge in [-0.3, -0.25) is 9.67 Å². The van der Waals surface area contributed by atoms with Crippen molar-refractivity contribution in [2.75, 3.05) is 0 Å². The maximum absolute atomic E-state index is 14.3. The van der Waals surface area contributed by atoms with Crippen molar-refractivity contribution < 1.29 is 9.13 Å². The molecule has 8 nitrogen and oxygen atoms in total. The number of hydrogen-bond acceptors (Lipinski definition) is 7. The third-order valence-corrected chi connectivity index (χ3v) is 5.64. The van der Waals surface area contributed by atoms with E-state index in [1.807, 2.05) is 12.1 Å². The van der Waals surface area contributed by atoms with Gasteiger partial charge in [0.15, 0.2) is 5.75 Å². The van der Waals surface area contributed by atoms with Crippen LogP contribution >= 0.6 is 15.9 Å². The van der Waals surface area contributed by atoms with Gasteiger partial charge in [0.1, 0.15) is 23.7 Å². The molecular weight excluding hydrogens is 503 g/mol. The molecule has 10 heteroatoms. The first-order valence-electron chi connectivity index (χ1n) is 10.2. The highest BCUT2D eigenvalue weighted by Gasteiger charge is 2.20. The number of rotatable bonds is 7. The molecule has 0 unspecified atom stereocenters. The number of halogens is 2. The van der Waals surface area contributed by atoms with Crippen LogP contribution in [-0.4, -0.2) is 19.7 Å². The van der Waals surface area contributed by atoms with Gasteiger partial charge in [0.05, 0.1) is 11.4 Å². The lowest BCUT2D eigenvalue weighted by molar-refractivity contribution is 0.227. The Morgan fingerprint density at radius 2 is 2.09 bits per heavy atom. The minimum absolute atomic E-state index is 0.102. The van der Waals surface area contributed by atoms with E-state index in [2.05, 4.69) is 42.2 Å². The minimum atomic E-state index is -0.655. The Labute approximate surface area is 203 Å². The number of aryl methyl sites for hydroxylation is 1. The van der Waals surface area contributed by atoms with Crippen molar-refractivity contribution in [2.45, 2.75) is 19.4 Å². The van der Waals surface area contributed by atoms with Gasteiger partial charge in [-0.1, -0.05) is 6.07 Å². The lowest BCUT2D eigenvalue weighted by Gasteiger charge is -2.20. The molecule has 1 atom stereocenters. The quantitative estimate of drug-likeness (QED) is 0.286. The molecule has 0 bridgehead atoms. The van der Waals surface area contributed by atoms with Gasteiger partial charge >= 0.3 is 0 Å². The van der Waals surface area contributed by atoms with E-state index in [9.17, 15) is 14.6 Å². The Morgan fingerprint density at radius 3 is 2.82 bits per heavy atom. The van der Waals surface area contributed by atoms with E-state index < -0.39 is 11.9 Å². The second-order valence-electron chi connectivity index (χ2n) is 7.50. The summed E-state index contributed by atoms with van der Waals surface area (Å²) in [6, 6.07) is 13.5. The number of aromatic nitrogens is 4. The number of nitriles is 1. The number of nitrogens with zero attached hydrogens (tertiary/aromatic N) is 6. The summed E-state index contributed by atoms with van der Waals surface area (Å²) < 4.78 is 22.4. The number of nitroso groups, excluding NO2 is 1. The Balaban J connectivity index is 1.74. The lowest BCUT2D eigenvalue weighted by Crippen LogP contribution is -2.08. The molecule has 0 saturated carbocycles. The molecule has 0 radical (unpaired) electrons. The molecule has 0 aliphatic rings. The molecule has 0 spiro atoms. The molecule has 3 heterocycles. The maximum Gasteiger partial charge on any atom is 0.239 e. The molecule has 0 saturated heterocycles. The number of hydrogen-bond donors (Lipinski definition) is 0. The van der Waals surface area contributed by atoms with Crippen LogP contribution in [0.2, 0.25) is 0 Å². The van der Waals surface area contributed by atoms with Gasteiger partial charge in [-0.25, -0.2) is 9.37 Å². The highest BCUT2D eigenvalue weighted by atomic mass is 79.9. The fraction of sp³-hybridized carbons (Fsp3) is 0.167. The van der Waals surface area contributed by atoms with Crippen molar-refractivity contribution in [1.82, 2.24) is 19.7 Å². The van der Waals surface area contributed by atoms with Crippen LogP contribution in [0.25, 0.3) is 11.3 Å². The number of ether oxygens (including phenoxy) is 1. The van der Waals surface area contributed by atoms with E-state index >= 15 is 0 Å². The van der Waals surface area contributed by atoms with Gasteiger partial charge in [0.25, 0.3) is 0 Å². The van der Waals surface area contributed by atoms with Crippen LogP contribution < -0.4 is 4.74 Å². The summed E-state index contributed by atoms with van der Waals surface area (Å²) in [6.45, 7) is 1.74. The molecule has 0 N–H and O–H groups in total. The van der Waals surface area contributed by atoms with Crippen LogP contribution in [-0.2, 0) is 13.5 Å². The third-order valence-electron chi connectivity index (χ3n) is 5.20. The largest absolute Gasteiger partial charge is 0.482 e. The molecule has 0 aliphatic carbocycles. The van der Waals surface area contributed by atoms with Gasteiger partial charge in [0, 0.05) is 41.5 Å². The zero-order chi connectivity index (χ0) is 24.2. The van der Waals surface area contributed by atoms with E-state index in [-0.39, 0.29) is 11.6 Å². The number of benzene rings is 1. The topological polar surface area (TPSA) is 106 Å². The highest BCUT2D eigenvalue weighted by molar-refractivity contribution is 9.10. The molecule has 4 rings (SSSR count). The van der Waals surface area contributed by atoms with E-state index in [4.69, 9.17) is 4.74 Å². The molecular formula is C24H18BrFN6O2. The average molecular weight is 521 g/mol. The molecule has 3 aromatic heterocycles. The SMILES string of the molecule is C[C@@H](Oc1cc(Br)cnc1N=O)c1cc(F)ccc1-c1ncccc1Cc1cc(C#N)n(C)n1. The van der Waals surface area contributed by atoms with Crippen molar-refractivity contribution in [1.29, 1.82) is 5.26 Å². The first kappa shape index (κ1) is 23.2. The molecule has 1 aromatic carbocycles. The van der Waals surface area contributed by atoms with Gasteiger partial charge in [-0.2, -0.15) is 10.4 Å². The number of pyridine rings is 2. The van der Waals surface area contributed by atoms with Crippen molar-refractivity contribution >= 4 is 21.7 Å². The van der Waals surface area contributed by atoms with Crippen LogP contribution in [0, 0.1) is 22.1 Å². The van der Waals surface area contributed by atoms with Crippen LogP contribution in [0.4, 0.5) is 10.2 Å². The summed E-state index contributed by atoms with van der Waals surface area (Å²) in [5.74, 6) is -0.364. The molecule has 34 heavy (non-hydrogen) atoms. The predicted molar refractivity (Wildman–Crippen MR) is 127 cm³/mol. The Kier molecular flexibility index (Phi) is 6.75. The lowest BCUT2D eigenvalue weighted by atomic mass is 9.95. The summed E-state index contributed by atoms with van der Waals surface area (Å²) in [7, 11) is 1.71. The van der Waals surface area contributed by atoms with E-state index in [1.165, 1.54) is 23.0 Å². The Hall–Kier alpha value is -3.97.